The highest BCUT2D eigenvalue weighted by Gasteiger charge is 2.50. The third-order valence-electron chi connectivity index (χ3n) is 7.39. The smallest absolute Gasteiger partial charge is 0.261 e. The zero-order valence-electron chi connectivity index (χ0n) is 26.3. The van der Waals surface area contributed by atoms with Gasteiger partial charge in [-0.25, -0.2) is 19.9 Å². The lowest BCUT2D eigenvalue weighted by Gasteiger charge is -2.43. The maximum atomic E-state index is 7.24. The highest BCUT2D eigenvalue weighted by atomic mass is 33.1. The van der Waals surface area contributed by atoms with Gasteiger partial charge >= 0.3 is 0 Å². The Labute approximate surface area is 268 Å². The molecule has 5 rings (SSSR count). The Balaban J connectivity index is 1.51. The third kappa shape index (κ3) is 6.68. The first-order valence-electron chi connectivity index (χ1n) is 14.5. The van der Waals surface area contributed by atoms with E-state index in [0.29, 0.717) is 29.2 Å². The van der Waals surface area contributed by atoms with Crippen molar-refractivity contribution in [1.29, 1.82) is 0 Å². The standard InChI is InChI=1S/C32H40N6O3S2Si/c1-23(43-42-7)40-26-18-28(38-22-35-29-30(36-21-37(5)6)33-20-34-31(29)38)41-27(26)19-39-44(32(2,3)4,24-14-10-8-11-15-24)25-16-12-9-13-17-25/h8-17,20-23,28H,18-19H2,1-7H3/t23-,28-/m1/s1. The zero-order chi connectivity index (χ0) is 31.3. The normalized spacial score (nSPS) is 16.5. The molecule has 0 radical (unpaired) electrons. The van der Waals surface area contributed by atoms with Crippen LogP contribution in [0.1, 0.15) is 40.3 Å². The van der Waals surface area contributed by atoms with E-state index in [2.05, 4.69) is 108 Å². The van der Waals surface area contributed by atoms with E-state index in [9.17, 15) is 0 Å². The van der Waals surface area contributed by atoms with E-state index in [-0.39, 0.29) is 17.1 Å². The first kappa shape index (κ1) is 32.1. The summed E-state index contributed by atoms with van der Waals surface area (Å²) in [7, 11) is 4.36. The van der Waals surface area contributed by atoms with Crippen LogP contribution in [0.4, 0.5) is 5.82 Å². The molecule has 0 amide bonds. The van der Waals surface area contributed by atoms with Crippen molar-refractivity contribution in [3.63, 3.8) is 0 Å². The number of hydrogen-bond acceptors (Lipinski definition) is 9. The average Bonchev–Trinajstić information content (AvgIpc) is 3.61. The second-order valence-corrected chi connectivity index (χ2v) is 18.8. The first-order chi connectivity index (χ1) is 21.1. The Morgan fingerprint density at radius 1 is 1.07 bits per heavy atom. The lowest BCUT2D eigenvalue weighted by atomic mass is 10.2. The summed E-state index contributed by atoms with van der Waals surface area (Å²) < 4.78 is 22.3. The van der Waals surface area contributed by atoms with Gasteiger partial charge in [-0.05, 0) is 28.6 Å². The van der Waals surface area contributed by atoms with Crippen LogP contribution in [0.5, 0.6) is 0 Å². The highest BCUT2D eigenvalue weighted by Crippen LogP contribution is 2.41. The molecule has 44 heavy (non-hydrogen) atoms. The lowest BCUT2D eigenvalue weighted by molar-refractivity contribution is 0.0676. The molecule has 0 unspecified atom stereocenters. The molecule has 12 heteroatoms. The van der Waals surface area contributed by atoms with E-state index >= 15 is 0 Å². The molecule has 9 nitrogen and oxygen atoms in total. The van der Waals surface area contributed by atoms with Crippen molar-refractivity contribution in [2.24, 2.45) is 4.99 Å². The summed E-state index contributed by atoms with van der Waals surface area (Å²) in [6.45, 7) is 9.14. The monoisotopic (exact) mass is 648 g/mol. The fourth-order valence-corrected chi connectivity index (χ4v) is 11.4. The van der Waals surface area contributed by atoms with Crippen LogP contribution in [-0.4, -0.2) is 71.5 Å². The first-order valence-corrected chi connectivity index (χ1v) is 19.0. The summed E-state index contributed by atoms with van der Waals surface area (Å²) in [5, 5.41) is 2.26. The summed E-state index contributed by atoms with van der Waals surface area (Å²) in [6.07, 6.45) is 7.11. The number of nitrogens with zero attached hydrogens (tertiary/aromatic N) is 6. The number of aliphatic imine (C=N–C) groups is 1. The summed E-state index contributed by atoms with van der Waals surface area (Å²) in [5.74, 6) is 1.98. The van der Waals surface area contributed by atoms with Gasteiger partial charge in [-0.2, -0.15) is 0 Å². The molecule has 0 bridgehead atoms. The van der Waals surface area contributed by atoms with Crippen molar-refractivity contribution in [2.75, 3.05) is 27.0 Å². The summed E-state index contributed by atoms with van der Waals surface area (Å²) in [5.41, 5.74) is 1.19. The molecule has 232 valence electrons. The quantitative estimate of drug-likeness (QED) is 0.0592. The molecule has 2 atom stereocenters. The zero-order valence-corrected chi connectivity index (χ0v) is 28.9. The molecule has 0 N–H and O–H groups in total. The second kappa shape index (κ2) is 13.8. The summed E-state index contributed by atoms with van der Waals surface area (Å²) in [6, 6.07) is 21.2. The summed E-state index contributed by atoms with van der Waals surface area (Å²) >= 11 is 0. The average molecular weight is 649 g/mol. The number of benzene rings is 2. The van der Waals surface area contributed by atoms with E-state index < -0.39 is 14.5 Å². The molecule has 3 heterocycles. The van der Waals surface area contributed by atoms with Crippen LogP contribution in [-0.2, 0) is 13.9 Å². The maximum Gasteiger partial charge on any atom is 0.261 e. The molecule has 0 fully saturated rings. The second-order valence-electron chi connectivity index (χ2n) is 11.8. The van der Waals surface area contributed by atoms with Crippen LogP contribution < -0.4 is 10.4 Å². The molecule has 4 aromatic rings. The molecule has 1 aliphatic heterocycles. The molecule has 0 spiro atoms. The van der Waals surface area contributed by atoms with Crippen molar-refractivity contribution < 1.29 is 13.9 Å². The fraction of sp³-hybridized carbons (Fsp3) is 0.375. The largest absolute Gasteiger partial charge is 0.480 e. The van der Waals surface area contributed by atoms with Crippen molar-refractivity contribution in [3.05, 3.63) is 84.8 Å². The molecular weight excluding hydrogens is 609 g/mol. The predicted octanol–water partition coefficient (Wildman–Crippen LogP) is 6.13. The Morgan fingerprint density at radius 3 is 2.32 bits per heavy atom. The van der Waals surface area contributed by atoms with E-state index in [1.807, 2.05) is 29.8 Å². The highest BCUT2D eigenvalue weighted by molar-refractivity contribution is 8.76. The fourth-order valence-electron chi connectivity index (χ4n) is 5.53. The molecular formula is C32H40N6O3S2Si. The Hall–Kier alpha value is -3.32. The molecule has 2 aromatic carbocycles. The maximum absolute atomic E-state index is 7.24. The van der Waals surface area contributed by atoms with Gasteiger partial charge in [0.25, 0.3) is 8.32 Å². The molecule has 0 saturated heterocycles. The van der Waals surface area contributed by atoms with Crippen LogP contribution in [0.2, 0.25) is 5.04 Å². The molecule has 0 saturated carbocycles. The summed E-state index contributed by atoms with van der Waals surface area (Å²) in [4.78, 5) is 19.8. The van der Waals surface area contributed by atoms with E-state index in [4.69, 9.17) is 13.9 Å². The van der Waals surface area contributed by atoms with Gasteiger partial charge in [0.2, 0.25) is 0 Å². The Bertz CT molecular complexity index is 1570. The van der Waals surface area contributed by atoms with E-state index in [0.717, 1.165) is 5.76 Å². The van der Waals surface area contributed by atoms with Gasteiger partial charge in [0.05, 0.1) is 19.4 Å². The Kier molecular flexibility index (Phi) is 10.0. The predicted molar refractivity (Wildman–Crippen MR) is 184 cm³/mol. The molecule has 2 aromatic heterocycles. The van der Waals surface area contributed by atoms with Gasteiger partial charge in [0, 0.05) is 14.1 Å². The van der Waals surface area contributed by atoms with Crippen LogP contribution in [0, 0.1) is 0 Å². The van der Waals surface area contributed by atoms with E-state index in [1.54, 1.807) is 34.3 Å². The topological polar surface area (TPSA) is 86.9 Å². The molecule has 1 aliphatic rings. The SMILES string of the molecule is CSS[C@H](C)OC1=C(CO[Si](c2ccccc2)(c2ccccc2)C(C)(C)C)O[C@@H](n2cnc3c(N=CN(C)C)ncnc32)C1. The minimum Gasteiger partial charge on any atom is -0.480 e. The van der Waals surface area contributed by atoms with Crippen molar-refractivity contribution in [3.8, 4) is 0 Å². The van der Waals surface area contributed by atoms with E-state index in [1.165, 1.54) is 16.7 Å². The van der Waals surface area contributed by atoms with Gasteiger partial charge in [-0.1, -0.05) is 103 Å². The van der Waals surface area contributed by atoms with Gasteiger partial charge in [-0.15, -0.1) is 0 Å². The van der Waals surface area contributed by atoms with Gasteiger partial charge in [0.1, 0.15) is 18.4 Å². The van der Waals surface area contributed by atoms with Crippen molar-refractivity contribution >= 4 is 63.6 Å². The minimum atomic E-state index is -2.80. The van der Waals surface area contributed by atoms with Crippen LogP contribution in [0.25, 0.3) is 11.2 Å². The number of imidazole rings is 1. The van der Waals surface area contributed by atoms with Gasteiger partial charge in [0.15, 0.2) is 34.4 Å². The minimum absolute atomic E-state index is 0.0703. The van der Waals surface area contributed by atoms with Crippen LogP contribution >= 0.6 is 21.6 Å². The van der Waals surface area contributed by atoms with Gasteiger partial charge in [-0.3, -0.25) is 4.57 Å². The number of aromatic nitrogens is 4. The number of rotatable bonds is 12. The number of hydrogen-bond donors (Lipinski definition) is 0. The van der Waals surface area contributed by atoms with Crippen molar-refractivity contribution in [2.45, 2.75) is 50.8 Å². The van der Waals surface area contributed by atoms with Crippen LogP contribution in [0.15, 0.2) is 89.8 Å². The molecule has 0 aliphatic carbocycles. The number of fused-ring (bicyclic) bond motifs is 1. The Morgan fingerprint density at radius 2 is 1.73 bits per heavy atom. The lowest BCUT2D eigenvalue weighted by Crippen LogP contribution is -2.66. The van der Waals surface area contributed by atoms with Crippen LogP contribution in [0.3, 0.4) is 0 Å². The van der Waals surface area contributed by atoms with Crippen molar-refractivity contribution in [1.82, 2.24) is 24.4 Å². The number of ether oxygens (including phenoxy) is 2. The van der Waals surface area contributed by atoms with Gasteiger partial charge < -0.3 is 18.8 Å². The third-order valence-corrected chi connectivity index (χ3v) is 14.3.